The van der Waals surface area contributed by atoms with Gasteiger partial charge in [-0.1, -0.05) is 5.16 Å². The molecule has 0 radical (unpaired) electrons. The van der Waals surface area contributed by atoms with Gasteiger partial charge in [0.2, 0.25) is 0 Å². The second-order valence-electron chi connectivity index (χ2n) is 4.10. The van der Waals surface area contributed by atoms with Crippen molar-refractivity contribution in [3.8, 4) is 0 Å². The smallest absolute Gasteiger partial charge is 0.137 e. The van der Waals surface area contributed by atoms with Gasteiger partial charge in [-0.15, -0.1) is 11.3 Å². The highest BCUT2D eigenvalue weighted by Gasteiger charge is 2.11. The molecule has 2 aromatic rings. The Morgan fingerprint density at radius 2 is 2.24 bits per heavy atom. The monoisotopic (exact) mass is 251 g/mol. The Morgan fingerprint density at radius 3 is 2.88 bits per heavy atom. The second-order valence-corrected chi connectivity index (χ2v) is 5.05. The zero-order chi connectivity index (χ0) is 12.3. The first-order chi connectivity index (χ1) is 8.20. The number of rotatable bonds is 5. The van der Waals surface area contributed by atoms with Gasteiger partial charge in [-0.3, -0.25) is 0 Å². The molecule has 5 heteroatoms. The molecule has 2 aromatic heterocycles. The fourth-order valence-electron chi connectivity index (χ4n) is 1.73. The normalized spacial score (nSPS) is 11.0. The van der Waals surface area contributed by atoms with Crippen LogP contribution in [-0.2, 0) is 12.8 Å². The number of hydrogen-bond acceptors (Lipinski definition) is 5. The Hall–Kier alpha value is -1.20. The fraction of sp³-hybridized carbons (Fsp3) is 0.500. The lowest BCUT2D eigenvalue weighted by Crippen LogP contribution is -2.00. The number of thiazole rings is 1. The Labute approximate surface area is 105 Å². The fourth-order valence-corrected chi connectivity index (χ4v) is 2.57. The van der Waals surface area contributed by atoms with E-state index in [9.17, 15) is 0 Å². The van der Waals surface area contributed by atoms with Crippen LogP contribution in [0.2, 0.25) is 0 Å². The lowest BCUT2D eigenvalue weighted by molar-refractivity contribution is 0.392. The van der Waals surface area contributed by atoms with Gasteiger partial charge >= 0.3 is 0 Å². The molecule has 17 heavy (non-hydrogen) atoms. The maximum atomic E-state index is 5.49. The molecule has 0 saturated carbocycles. The molecule has 0 fully saturated rings. The average molecular weight is 251 g/mol. The van der Waals surface area contributed by atoms with Crippen molar-refractivity contribution < 1.29 is 4.52 Å². The van der Waals surface area contributed by atoms with E-state index in [1.807, 2.05) is 13.8 Å². The second kappa shape index (κ2) is 5.42. The third-order valence-electron chi connectivity index (χ3n) is 2.75. The first kappa shape index (κ1) is 12.3. The Balaban J connectivity index is 2.06. The molecule has 2 heterocycles. The Kier molecular flexibility index (Phi) is 3.91. The minimum atomic E-state index is 0.719. The molecule has 92 valence electrons. The van der Waals surface area contributed by atoms with Gasteiger partial charge in [0, 0.05) is 17.4 Å². The lowest BCUT2D eigenvalue weighted by Gasteiger charge is -1.96. The van der Waals surface area contributed by atoms with E-state index in [2.05, 4.69) is 15.5 Å². The summed E-state index contributed by atoms with van der Waals surface area (Å²) in [6.45, 7) is 4.63. The summed E-state index contributed by atoms with van der Waals surface area (Å²) in [5.41, 5.74) is 8.75. The van der Waals surface area contributed by atoms with Gasteiger partial charge in [0.15, 0.2) is 0 Å². The minimum Gasteiger partial charge on any atom is -0.361 e. The summed E-state index contributed by atoms with van der Waals surface area (Å²) in [6.07, 6.45) is 2.78. The quantitative estimate of drug-likeness (QED) is 0.885. The molecule has 2 N–H and O–H groups in total. The number of nitrogens with zero attached hydrogens (tertiary/aromatic N) is 2. The molecule has 0 aliphatic carbocycles. The van der Waals surface area contributed by atoms with Crippen LogP contribution in [0, 0.1) is 13.8 Å². The Bertz CT molecular complexity index is 470. The SMILES string of the molecule is Cc1noc(C)c1Cc1nc(CCCN)cs1. The van der Waals surface area contributed by atoms with E-state index in [1.54, 1.807) is 11.3 Å². The molecule has 0 aromatic carbocycles. The largest absolute Gasteiger partial charge is 0.361 e. The summed E-state index contributed by atoms with van der Waals surface area (Å²) in [7, 11) is 0. The van der Waals surface area contributed by atoms with Crippen LogP contribution >= 0.6 is 11.3 Å². The van der Waals surface area contributed by atoms with E-state index in [4.69, 9.17) is 10.3 Å². The zero-order valence-electron chi connectivity index (χ0n) is 10.2. The minimum absolute atomic E-state index is 0.719. The van der Waals surface area contributed by atoms with Crippen LogP contribution in [-0.4, -0.2) is 16.7 Å². The van der Waals surface area contributed by atoms with Crippen LogP contribution in [0.1, 0.15) is 34.1 Å². The van der Waals surface area contributed by atoms with Crippen molar-refractivity contribution in [1.29, 1.82) is 0 Å². The molecule has 0 aliphatic heterocycles. The van der Waals surface area contributed by atoms with E-state index < -0.39 is 0 Å². The lowest BCUT2D eigenvalue weighted by atomic mass is 10.1. The van der Waals surface area contributed by atoms with Crippen molar-refractivity contribution in [3.05, 3.63) is 33.1 Å². The van der Waals surface area contributed by atoms with Gasteiger partial charge in [-0.25, -0.2) is 4.98 Å². The van der Waals surface area contributed by atoms with Crippen molar-refractivity contribution in [2.45, 2.75) is 33.1 Å². The third kappa shape index (κ3) is 2.92. The summed E-state index contributed by atoms with van der Waals surface area (Å²) in [4.78, 5) is 4.60. The van der Waals surface area contributed by atoms with Gasteiger partial charge < -0.3 is 10.3 Å². The van der Waals surface area contributed by atoms with E-state index >= 15 is 0 Å². The summed E-state index contributed by atoms with van der Waals surface area (Å²) >= 11 is 1.69. The van der Waals surface area contributed by atoms with E-state index in [1.165, 1.54) is 0 Å². The van der Waals surface area contributed by atoms with Crippen molar-refractivity contribution in [1.82, 2.24) is 10.1 Å². The van der Waals surface area contributed by atoms with E-state index in [-0.39, 0.29) is 0 Å². The number of hydrogen-bond donors (Lipinski definition) is 1. The first-order valence-corrected chi connectivity index (χ1v) is 6.63. The van der Waals surface area contributed by atoms with Crippen molar-refractivity contribution in [3.63, 3.8) is 0 Å². The third-order valence-corrected chi connectivity index (χ3v) is 3.64. The number of aromatic nitrogens is 2. The van der Waals surface area contributed by atoms with Crippen molar-refractivity contribution in [2.24, 2.45) is 5.73 Å². The molecule has 0 spiro atoms. The molecule has 2 rings (SSSR count). The van der Waals surface area contributed by atoms with Gasteiger partial charge in [-0.05, 0) is 33.2 Å². The molecule has 0 amide bonds. The van der Waals surface area contributed by atoms with Crippen LogP contribution < -0.4 is 5.73 Å². The maximum absolute atomic E-state index is 5.49. The first-order valence-electron chi connectivity index (χ1n) is 5.75. The van der Waals surface area contributed by atoms with Gasteiger partial charge in [0.05, 0.1) is 16.4 Å². The van der Waals surface area contributed by atoms with Crippen LogP contribution in [0.3, 0.4) is 0 Å². The topological polar surface area (TPSA) is 64.9 Å². The van der Waals surface area contributed by atoms with Crippen LogP contribution in [0.4, 0.5) is 0 Å². The van der Waals surface area contributed by atoms with Crippen molar-refractivity contribution >= 4 is 11.3 Å². The standard InChI is InChI=1S/C12H17N3OS/c1-8-11(9(2)16-15-8)6-12-14-10(7-17-12)4-3-5-13/h7H,3-6,13H2,1-2H3. The highest BCUT2D eigenvalue weighted by atomic mass is 32.1. The number of nitrogens with two attached hydrogens (primary N) is 1. The predicted octanol–water partition coefficient (Wildman–Crippen LogP) is 2.23. The highest BCUT2D eigenvalue weighted by molar-refractivity contribution is 7.09. The van der Waals surface area contributed by atoms with Gasteiger partial charge in [0.1, 0.15) is 5.76 Å². The molecule has 0 aliphatic rings. The summed E-state index contributed by atoms with van der Waals surface area (Å²) in [5, 5.41) is 7.19. The molecular formula is C12H17N3OS. The number of aryl methyl sites for hydroxylation is 3. The summed E-state index contributed by atoms with van der Waals surface area (Å²) in [6, 6.07) is 0. The average Bonchev–Trinajstić information content (AvgIpc) is 2.88. The summed E-state index contributed by atoms with van der Waals surface area (Å²) < 4.78 is 5.15. The van der Waals surface area contributed by atoms with E-state index in [0.29, 0.717) is 0 Å². The van der Waals surface area contributed by atoms with Crippen LogP contribution in [0.25, 0.3) is 0 Å². The zero-order valence-corrected chi connectivity index (χ0v) is 11.0. The molecule has 0 atom stereocenters. The summed E-state index contributed by atoms with van der Waals surface area (Å²) in [5.74, 6) is 0.890. The van der Waals surface area contributed by atoms with E-state index in [0.717, 1.165) is 53.5 Å². The maximum Gasteiger partial charge on any atom is 0.137 e. The van der Waals surface area contributed by atoms with Crippen LogP contribution in [0.5, 0.6) is 0 Å². The van der Waals surface area contributed by atoms with Crippen LogP contribution in [0.15, 0.2) is 9.90 Å². The predicted molar refractivity (Wildman–Crippen MR) is 68.3 cm³/mol. The van der Waals surface area contributed by atoms with Gasteiger partial charge in [-0.2, -0.15) is 0 Å². The molecular weight excluding hydrogens is 234 g/mol. The molecule has 0 bridgehead atoms. The Morgan fingerprint density at radius 1 is 1.41 bits per heavy atom. The molecule has 0 saturated heterocycles. The van der Waals surface area contributed by atoms with Gasteiger partial charge in [0.25, 0.3) is 0 Å². The molecule has 0 unspecified atom stereocenters. The van der Waals surface area contributed by atoms with Crippen molar-refractivity contribution in [2.75, 3.05) is 6.54 Å². The molecule has 4 nitrogen and oxygen atoms in total. The highest BCUT2D eigenvalue weighted by Crippen LogP contribution is 2.20.